The molecule has 6 rings (SSSR count). The number of fused-ring (bicyclic) bond motifs is 2. The summed E-state index contributed by atoms with van der Waals surface area (Å²) in [5.41, 5.74) is -3.16. The first-order valence-electron chi connectivity index (χ1n) is 10.8. The summed E-state index contributed by atoms with van der Waals surface area (Å²) < 4.78 is 11.4. The summed E-state index contributed by atoms with van der Waals surface area (Å²) in [6.45, 7) is 6.69. The van der Waals surface area contributed by atoms with Crippen molar-refractivity contribution in [2.45, 2.75) is 63.6 Å². The number of rotatable bonds is 2. The van der Waals surface area contributed by atoms with E-state index in [1.54, 1.807) is 6.92 Å². The highest BCUT2D eigenvalue weighted by Gasteiger charge is 2.86. The van der Waals surface area contributed by atoms with Crippen LogP contribution in [0.1, 0.15) is 39.5 Å². The smallest absolute Gasteiger partial charge is 0.302 e. The van der Waals surface area contributed by atoms with Gasteiger partial charge in [-0.15, -0.1) is 0 Å². The van der Waals surface area contributed by atoms with Crippen LogP contribution in [0.25, 0.3) is 0 Å². The average Bonchev–Trinajstić information content (AvgIpc) is 2.80. The molecule has 0 aromatic rings. The standard InChI is InChI=1S/C22H30O8/c1-10-12-4-5-13-20-7-6-14(30-11(2)24)19(3,8-23)15(20)18(27)22(28,29-9-20)21(13,16(10)25)17(12)26/h12-15,17-18,23,26-28H,1,4-9H2,2-3H3/t12-,13-,14+,15+,17+,18-,19+,20+,21-,22-/m0/s1. The maximum Gasteiger partial charge on any atom is 0.302 e. The molecule has 0 unspecified atom stereocenters. The lowest BCUT2D eigenvalue weighted by Crippen LogP contribution is -2.85. The molecule has 6 aliphatic rings. The highest BCUT2D eigenvalue weighted by Crippen LogP contribution is 2.76. The molecular formula is C22H30O8. The lowest BCUT2D eigenvalue weighted by atomic mass is 9.36. The first kappa shape index (κ1) is 20.6. The number of Topliss-reactive ketones (excluding diaryl/α,β-unsaturated/α-hetero) is 1. The zero-order valence-electron chi connectivity index (χ0n) is 17.3. The Morgan fingerprint density at radius 3 is 2.60 bits per heavy atom. The molecule has 4 aliphatic carbocycles. The van der Waals surface area contributed by atoms with Gasteiger partial charge >= 0.3 is 5.97 Å². The predicted molar refractivity (Wildman–Crippen MR) is 102 cm³/mol. The highest BCUT2D eigenvalue weighted by molar-refractivity contribution is 6.05. The first-order chi connectivity index (χ1) is 14.0. The monoisotopic (exact) mass is 422 g/mol. The van der Waals surface area contributed by atoms with Crippen LogP contribution >= 0.6 is 0 Å². The maximum absolute atomic E-state index is 13.5. The second-order valence-corrected chi connectivity index (χ2v) is 10.3. The quantitative estimate of drug-likeness (QED) is 0.359. The topological polar surface area (TPSA) is 134 Å². The van der Waals surface area contributed by atoms with E-state index in [-0.39, 0.29) is 18.8 Å². The maximum atomic E-state index is 13.5. The summed E-state index contributed by atoms with van der Waals surface area (Å²) in [5, 5.41) is 44.9. The summed E-state index contributed by atoms with van der Waals surface area (Å²) in [6, 6.07) is 0. The second-order valence-electron chi connectivity index (χ2n) is 10.3. The molecule has 166 valence electrons. The molecule has 0 aromatic carbocycles. The van der Waals surface area contributed by atoms with Gasteiger partial charge in [-0.2, -0.15) is 0 Å². The van der Waals surface area contributed by atoms with Gasteiger partial charge < -0.3 is 29.9 Å². The van der Waals surface area contributed by atoms with Crippen molar-refractivity contribution in [3.8, 4) is 0 Å². The zero-order valence-corrected chi connectivity index (χ0v) is 17.3. The van der Waals surface area contributed by atoms with Crippen LogP contribution in [0.15, 0.2) is 12.2 Å². The number of aliphatic hydroxyl groups is 4. The third-order valence-electron chi connectivity index (χ3n) is 9.43. The van der Waals surface area contributed by atoms with Crippen LogP contribution in [-0.2, 0) is 19.1 Å². The minimum Gasteiger partial charge on any atom is -0.462 e. The molecule has 0 radical (unpaired) electrons. The average molecular weight is 422 g/mol. The Labute approximate surface area is 174 Å². The van der Waals surface area contributed by atoms with E-state index in [2.05, 4.69) is 6.58 Å². The Morgan fingerprint density at radius 1 is 1.27 bits per heavy atom. The molecule has 4 N–H and O–H groups in total. The van der Waals surface area contributed by atoms with Crippen LogP contribution < -0.4 is 0 Å². The van der Waals surface area contributed by atoms with E-state index >= 15 is 0 Å². The fraction of sp³-hybridized carbons (Fsp3) is 0.818. The number of ketones is 1. The molecule has 6 fully saturated rings. The highest BCUT2D eigenvalue weighted by atomic mass is 16.6. The van der Waals surface area contributed by atoms with Crippen molar-refractivity contribution >= 4 is 11.8 Å². The molecule has 2 heterocycles. The summed E-state index contributed by atoms with van der Waals surface area (Å²) in [7, 11) is 0. The van der Waals surface area contributed by atoms with Crippen molar-refractivity contribution in [2.24, 2.45) is 34.0 Å². The van der Waals surface area contributed by atoms with Crippen molar-refractivity contribution in [2.75, 3.05) is 13.2 Å². The minimum absolute atomic E-state index is 0.108. The Hall–Kier alpha value is -1.32. The number of hydrogen-bond acceptors (Lipinski definition) is 8. The molecular weight excluding hydrogens is 392 g/mol. The van der Waals surface area contributed by atoms with Gasteiger partial charge in [-0.3, -0.25) is 9.59 Å². The van der Waals surface area contributed by atoms with Gasteiger partial charge in [0, 0.05) is 29.6 Å². The fourth-order valence-electron chi connectivity index (χ4n) is 8.30. The largest absolute Gasteiger partial charge is 0.462 e. The molecule has 4 bridgehead atoms. The van der Waals surface area contributed by atoms with Crippen molar-refractivity contribution in [3.05, 3.63) is 12.2 Å². The van der Waals surface area contributed by atoms with Crippen molar-refractivity contribution in [1.82, 2.24) is 0 Å². The fourth-order valence-corrected chi connectivity index (χ4v) is 8.30. The molecule has 8 nitrogen and oxygen atoms in total. The van der Waals surface area contributed by atoms with Gasteiger partial charge in [-0.1, -0.05) is 13.5 Å². The van der Waals surface area contributed by atoms with Gasteiger partial charge in [0.2, 0.25) is 5.79 Å². The van der Waals surface area contributed by atoms with E-state index in [0.29, 0.717) is 25.7 Å². The van der Waals surface area contributed by atoms with E-state index in [1.807, 2.05) is 0 Å². The normalized spacial score (nSPS) is 56.5. The molecule has 2 spiro atoms. The molecule has 4 saturated carbocycles. The lowest BCUT2D eigenvalue weighted by Gasteiger charge is -2.74. The zero-order chi connectivity index (χ0) is 21.9. The van der Waals surface area contributed by atoms with Gasteiger partial charge in [0.1, 0.15) is 17.6 Å². The SMILES string of the molecule is C=C1C(=O)[C@]23[C@H](O)[C@H]1CC[C@H]2[C@]12CC[C@@H](OC(C)=O)[C@@](C)(CO)[C@H]1[C@H](O)[C@]3(O)OC2. The van der Waals surface area contributed by atoms with Crippen LogP contribution in [0.4, 0.5) is 0 Å². The minimum atomic E-state index is -2.30. The molecule has 30 heavy (non-hydrogen) atoms. The summed E-state index contributed by atoms with van der Waals surface area (Å²) in [5.74, 6) is -4.76. The predicted octanol–water partition coefficient (Wildman–Crippen LogP) is -0.0812. The molecule has 2 saturated heterocycles. The Bertz CT molecular complexity index is 841. The Balaban J connectivity index is 1.71. The van der Waals surface area contributed by atoms with E-state index in [4.69, 9.17) is 9.47 Å². The third kappa shape index (κ3) is 1.88. The number of esters is 1. The summed E-state index contributed by atoms with van der Waals surface area (Å²) in [4.78, 5) is 25.2. The number of ether oxygens (including phenoxy) is 2. The van der Waals surface area contributed by atoms with Gasteiger partial charge in [-0.05, 0) is 37.2 Å². The Kier molecular flexibility index (Phi) is 4.06. The molecule has 10 atom stereocenters. The third-order valence-corrected chi connectivity index (χ3v) is 9.43. The van der Waals surface area contributed by atoms with Crippen LogP contribution in [0.5, 0.6) is 0 Å². The molecule has 0 aromatic heterocycles. The summed E-state index contributed by atoms with van der Waals surface area (Å²) >= 11 is 0. The molecule has 0 amide bonds. The van der Waals surface area contributed by atoms with E-state index < -0.39 is 69.9 Å². The molecule has 8 heteroatoms. The van der Waals surface area contributed by atoms with Crippen LogP contribution in [0.3, 0.4) is 0 Å². The van der Waals surface area contributed by atoms with Gasteiger partial charge in [-0.25, -0.2) is 0 Å². The number of carbonyl (C=O) groups excluding carboxylic acids is 2. The second kappa shape index (κ2) is 5.92. The summed E-state index contributed by atoms with van der Waals surface area (Å²) in [6.07, 6.45) is -1.28. The van der Waals surface area contributed by atoms with Crippen LogP contribution in [-0.4, -0.2) is 69.5 Å². The van der Waals surface area contributed by atoms with E-state index in [0.717, 1.165) is 0 Å². The van der Waals surface area contributed by atoms with Crippen molar-refractivity contribution < 1.29 is 39.5 Å². The van der Waals surface area contributed by atoms with Crippen molar-refractivity contribution in [3.63, 3.8) is 0 Å². The van der Waals surface area contributed by atoms with E-state index in [1.165, 1.54) is 6.92 Å². The Morgan fingerprint density at radius 2 is 1.97 bits per heavy atom. The number of carbonyl (C=O) groups is 2. The van der Waals surface area contributed by atoms with Crippen molar-refractivity contribution in [1.29, 1.82) is 0 Å². The van der Waals surface area contributed by atoms with Crippen LogP contribution in [0, 0.1) is 34.0 Å². The first-order valence-corrected chi connectivity index (χ1v) is 10.8. The number of aliphatic hydroxyl groups excluding tert-OH is 3. The van der Waals surface area contributed by atoms with Gasteiger partial charge in [0.05, 0.1) is 19.3 Å². The number of hydrogen-bond donors (Lipinski definition) is 4. The molecule has 2 aliphatic heterocycles. The lowest BCUT2D eigenvalue weighted by molar-refractivity contribution is -0.453. The van der Waals surface area contributed by atoms with E-state index in [9.17, 15) is 30.0 Å². The van der Waals surface area contributed by atoms with Crippen LogP contribution in [0.2, 0.25) is 0 Å². The van der Waals surface area contributed by atoms with Gasteiger partial charge in [0.15, 0.2) is 5.78 Å². The van der Waals surface area contributed by atoms with Gasteiger partial charge in [0.25, 0.3) is 0 Å².